The largest absolute Gasteiger partial charge is 0.493 e. The maximum Gasteiger partial charge on any atom is 0.262 e. The molecular weight excluding hydrogens is 326 g/mol. The van der Waals surface area contributed by atoms with Gasteiger partial charge in [0.05, 0.1) is 7.11 Å². The molecule has 0 saturated carbocycles. The molecule has 1 N–H and O–H groups in total. The molecule has 0 aliphatic heterocycles. The van der Waals surface area contributed by atoms with Crippen molar-refractivity contribution < 1.29 is 14.3 Å². The van der Waals surface area contributed by atoms with E-state index < -0.39 is 0 Å². The van der Waals surface area contributed by atoms with Crippen molar-refractivity contribution in [2.45, 2.75) is 13.3 Å². The lowest BCUT2D eigenvalue weighted by atomic mass is 10.1. The molecular formula is C19H20ClNO3. The number of nitrogens with one attached hydrogen (secondary N) is 1. The van der Waals surface area contributed by atoms with Crippen molar-refractivity contribution in [3.8, 4) is 11.5 Å². The molecule has 0 unspecified atom stereocenters. The number of ether oxygens (including phenoxy) is 2. The van der Waals surface area contributed by atoms with Gasteiger partial charge in [0.2, 0.25) is 0 Å². The molecule has 126 valence electrons. The third-order valence-corrected chi connectivity index (χ3v) is 3.68. The molecule has 2 aromatic rings. The van der Waals surface area contributed by atoms with Crippen LogP contribution >= 0.6 is 11.6 Å². The number of benzene rings is 2. The zero-order valence-electron chi connectivity index (χ0n) is 13.8. The first-order valence-corrected chi connectivity index (χ1v) is 7.88. The third-order valence-electron chi connectivity index (χ3n) is 3.44. The van der Waals surface area contributed by atoms with Crippen LogP contribution in [0.4, 0.5) is 5.69 Å². The van der Waals surface area contributed by atoms with Crippen molar-refractivity contribution in [2.75, 3.05) is 19.0 Å². The number of rotatable bonds is 7. The molecule has 0 aliphatic rings. The maximum absolute atomic E-state index is 12.1. The predicted octanol–water partition coefficient (Wildman–Crippen LogP) is 4.40. The predicted molar refractivity (Wildman–Crippen MR) is 97.2 cm³/mol. The van der Waals surface area contributed by atoms with Gasteiger partial charge in [-0.15, -0.1) is 6.58 Å². The van der Waals surface area contributed by atoms with Gasteiger partial charge >= 0.3 is 0 Å². The molecule has 4 nitrogen and oxygen atoms in total. The summed E-state index contributed by atoms with van der Waals surface area (Å²) in [5, 5.41) is 3.35. The first-order valence-electron chi connectivity index (χ1n) is 7.50. The van der Waals surface area contributed by atoms with Crippen molar-refractivity contribution in [2.24, 2.45) is 0 Å². The molecule has 0 aliphatic carbocycles. The topological polar surface area (TPSA) is 47.6 Å². The van der Waals surface area contributed by atoms with Crippen LogP contribution in [0.2, 0.25) is 5.02 Å². The second-order valence-corrected chi connectivity index (χ2v) is 5.71. The molecule has 2 rings (SSSR count). The van der Waals surface area contributed by atoms with Crippen LogP contribution in [0.15, 0.2) is 49.1 Å². The number of methoxy groups -OCH3 is 1. The SMILES string of the molecule is C=CCc1ccc(OCC(=O)Nc2cc(Cl)ccc2C)c(OC)c1. The number of carbonyl (C=O) groups is 1. The van der Waals surface area contributed by atoms with Crippen LogP contribution in [0.1, 0.15) is 11.1 Å². The van der Waals surface area contributed by atoms with Gasteiger partial charge in [0.25, 0.3) is 5.91 Å². The molecule has 0 atom stereocenters. The Morgan fingerprint density at radius 3 is 2.75 bits per heavy atom. The fraction of sp³-hybridized carbons (Fsp3) is 0.211. The lowest BCUT2D eigenvalue weighted by molar-refractivity contribution is -0.118. The molecule has 24 heavy (non-hydrogen) atoms. The molecule has 0 spiro atoms. The fourth-order valence-corrected chi connectivity index (χ4v) is 2.36. The minimum Gasteiger partial charge on any atom is -0.493 e. The summed E-state index contributed by atoms with van der Waals surface area (Å²) in [7, 11) is 1.56. The van der Waals surface area contributed by atoms with Crippen molar-refractivity contribution in [1.29, 1.82) is 0 Å². The van der Waals surface area contributed by atoms with E-state index in [2.05, 4.69) is 11.9 Å². The second kappa shape index (κ2) is 8.41. The number of hydrogen-bond acceptors (Lipinski definition) is 3. The summed E-state index contributed by atoms with van der Waals surface area (Å²) in [4.78, 5) is 12.1. The Balaban J connectivity index is 2.01. The van der Waals surface area contributed by atoms with E-state index in [9.17, 15) is 4.79 Å². The van der Waals surface area contributed by atoms with Gasteiger partial charge in [0.1, 0.15) is 0 Å². The van der Waals surface area contributed by atoms with Crippen LogP contribution in [0.5, 0.6) is 11.5 Å². The van der Waals surface area contributed by atoms with Gasteiger partial charge in [-0.3, -0.25) is 4.79 Å². The Hall–Kier alpha value is -2.46. The first-order chi connectivity index (χ1) is 11.5. The van der Waals surface area contributed by atoms with Crippen molar-refractivity contribution in [3.63, 3.8) is 0 Å². The van der Waals surface area contributed by atoms with Gasteiger partial charge in [-0.25, -0.2) is 0 Å². The minimum atomic E-state index is -0.266. The van der Waals surface area contributed by atoms with Gasteiger partial charge < -0.3 is 14.8 Å². The smallest absolute Gasteiger partial charge is 0.262 e. The summed E-state index contributed by atoms with van der Waals surface area (Å²) in [5.74, 6) is 0.835. The van der Waals surface area contributed by atoms with Crippen LogP contribution in [0.25, 0.3) is 0 Å². The number of amides is 1. The minimum absolute atomic E-state index is 0.122. The van der Waals surface area contributed by atoms with Gasteiger partial charge in [-0.05, 0) is 48.7 Å². The second-order valence-electron chi connectivity index (χ2n) is 5.27. The number of aryl methyl sites for hydroxylation is 1. The Labute approximate surface area is 147 Å². The van der Waals surface area contributed by atoms with E-state index in [1.54, 1.807) is 25.3 Å². The number of hydrogen-bond donors (Lipinski definition) is 1. The third kappa shape index (κ3) is 4.77. The summed E-state index contributed by atoms with van der Waals surface area (Å²) in [6, 6.07) is 10.9. The van der Waals surface area contributed by atoms with Crippen LogP contribution in [0.3, 0.4) is 0 Å². The van der Waals surface area contributed by atoms with Crippen LogP contribution in [0, 0.1) is 6.92 Å². The highest BCUT2D eigenvalue weighted by atomic mass is 35.5. The Morgan fingerprint density at radius 2 is 2.04 bits per heavy atom. The molecule has 0 aromatic heterocycles. The summed E-state index contributed by atoms with van der Waals surface area (Å²) in [5.41, 5.74) is 2.66. The summed E-state index contributed by atoms with van der Waals surface area (Å²) < 4.78 is 10.9. The van der Waals surface area contributed by atoms with Crippen LogP contribution in [-0.4, -0.2) is 19.6 Å². The monoisotopic (exact) mass is 345 g/mol. The first kappa shape index (κ1) is 17.9. The van der Waals surface area contributed by atoms with E-state index in [1.165, 1.54) is 0 Å². The maximum atomic E-state index is 12.1. The molecule has 0 radical (unpaired) electrons. The number of halogens is 1. The highest BCUT2D eigenvalue weighted by molar-refractivity contribution is 6.31. The van der Waals surface area contributed by atoms with E-state index in [0.29, 0.717) is 22.2 Å². The van der Waals surface area contributed by atoms with Gasteiger partial charge in [0.15, 0.2) is 18.1 Å². The molecule has 2 aromatic carbocycles. The molecule has 0 bridgehead atoms. The number of anilines is 1. The zero-order valence-corrected chi connectivity index (χ0v) is 14.5. The average Bonchev–Trinajstić information content (AvgIpc) is 2.57. The molecule has 0 heterocycles. The summed E-state index contributed by atoms with van der Waals surface area (Å²) in [6.07, 6.45) is 2.56. The Kier molecular flexibility index (Phi) is 6.27. The zero-order chi connectivity index (χ0) is 17.5. The quantitative estimate of drug-likeness (QED) is 0.756. The van der Waals surface area contributed by atoms with Crippen LogP contribution in [-0.2, 0) is 11.2 Å². The van der Waals surface area contributed by atoms with E-state index in [1.807, 2.05) is 31.2 Å². The molecule has 5 heteroatoms. The van der Waals surface area contributed by atoms with Crippen molar-refractivity contribution in [3.05, 3.63) is 65.2 Å². The normalized spacial score (nSPS) is 10.1. The number of allylic oxidation sites excluding steroid dienone is 1. The van der Waals surface area contributed by atoms with E-state index in [-0.39, 0.29) is 12.5 Å². The summed E-state index contributed by atoms with van der Waals surface area (Å²) >= 11 is 5.95. The van der Waals surface area contributed by atoms with Gasteiger partial charge in [-0.1, -0.05) is 29.8 Å². The van der Waals surface area contributed by atoms with E-state index >= 15 is 0 Å². The fourth-order valence-electron chi connectivity index (χ4n) is 2.18. The molecule has 1 amide bonds. The van der Waals surface area contributed by atoms with E-state index in [0.717, 1.165) is 17.5 Å². The van der Waals surface area contributed by atoms with Crippen molar-refractivity contribution in [1.82, 2.24) is 0 Å². The van der Waals surface area contributed by atoms with Crippen LogP contribution < -0.4 is 14.8 Å². The van der Waals surface area contributed by atoms with Crippen molar-refractivity contribution >= 4 is 23.2 Å². The lowest BCUT2D eigenvalue weighted by Crippen LogP contribution is -2.20. The Bertz CT molecular complexity index is 743. The molecule has 0 fully saturated rings. The number of carbonyl (C=O) groups excluding carboxylic acids is 1. The van der Waals surface area contributed by atoms with Gasteiger partial charge in [-0.2, -0.15) is 0 Å². The average molecular weight is 346 g/mol. The highest BCUT2D eigenvalue weighted by Crippen LogP contribution is 2.28. The van der Waals surface area contributed by atoms with E-state index in [4.69, 9.17) is 21.1 Å². The lowest BCUT2D eigenvalue weighted by Gasteiger charge is -2.13. The standard InChI is InChI=1S/C19H20ClNO3/c1-4-5-14-7-9-17(18(10-14)23-3)24-12-19(22)21-16-11-15(20)8-6-13(16)2/h4,6-11H,1,5,12H2,2-3H3,(H,21,22). The molecule has 0 saturated heterocycles. The highest BCUT2D eigenvalue weighted by Gasteiger charge is 2.10. The van der Waals surface area contributed by atoms with Gasteiger partial charge in [0, 0.05) is 10.7 Å². The Morgan fingerprint density at radius 1 is 1.25 bits per heavy atom. The summed E-state index contributed by atoms with van der Waals surface area (Å²) in [6.45, 7) is 5.49.